The van der Waals surface area contributed by atoms with E-state index >= 15 is 0 Å². The topological polar surface area (TPSA) is 84.2 Å². The summed E-state index contributed by atoms with van der Waals surface area (Å²) in [6, 6.07) is 19.0. The zero-order valence-electron chi connectivity index (χ0n) is 17.2. The number of nitrogens with one attached hydrogen (secondary N) is 1. The van der Waals surface area contributed by atoms with Gasteiger partial charge in [0.05, 0.1) is 5.69 Å². The first-order valence-corrected chi connectivity index (χ1v) is 10.2. The third-order valence-corrected chi connectivity index (χ3v) is 4.95. The lowest BCUT2D eigenvalue weighted by atomic mass is 9.95. The molecule has 1 aromatic heterocycles. The van der Waals surface area contributed by atoms with Crippen LogP contribution in [0.4, 0.5) is 0 Å². The molecule has 6 heteroatoms. The van der Waals surface area contributed by atoms with E-state index in [1.54, 1.807) is 7.05 Å². The predicted molar refractivity (Wildman–Crippen MR) is 118 cm³/mol. The number of aryl methyl sites for hydroxylation is 1. The van der Waals surface area contributed by atoms with Crippen LogP contribution in [-0.4, -0.2) is 33.9 Å². The summed E-state index contributed by atoms with van der Waals surface area (Å²) in [5.41, 5.74) is 2.43. The summed E-state index contributed by atoms with van der Waals surface area (Å²) in [5.74, 6) is -0.392. The number of rotatable bonds is 9. The maximum Gasteiger partial charge on any atom is 0.280 e. The molecule has 156 valence electrons. The van der Waals surface area contributed by atoms with Crippen LogP contribution < -0.4 is 10.9 Å². The number of carbonyl (C=O) groups is 1. The van der Waals surface area contributed by atoms with E-state index in [4.69, 9.17) is 5.11 Å². The molecule has 0 aliphatic rings. The third kappa shape index (κ3) is 5.02. The zero-order chi connectivity index (χ0) is 21.3. The number of aliphatic hydroxyl groups is 1. The van der Waals surface area contributed by atoms with E-state index in [1.165, 1.54) is 4.68 Å². The van der Waals surface area contributed by atoms with E-state index in [-0.39, 0.29) is 12.2 Å². The lowest BCUT2D eigenvalue weighted by Gasteiger charge is -2.16. The Hall–Kier alpha value is -3.25. The highest BCUT2D eigenvalue weighted by Gasteiger charge is 2.24. The van der Waals surface area contributed by atoms with Crippen molar-refractivity contribution in [3.63, 3.8) is 0 Å². The molecule has 0 atom stereocenters. The van der Waals surface area contributed by atoms with Gasteiger partial charge in [0.2, 0.25) is 0 Å². The lowest BCUT2D eigenvalue weighted by Crippen LogP contribution is -2.35. The van der Waals surface area contributed by atoms with Crippen molar-refractivity contribution in [2.45, 2.75) is 25.7 Å². The number of unbranched alkanes of at least 4 members (excludes halogenated alkanes) is 3. The maximum atomic E-state index is 13.1. The van der Waals surface area contributed by atoms with E-state index in [9.17, 15) is 9.59 Å². The van der Waals surface area contributed by atoms with Crippen LogP contribution in [0, 0.1) is 0 Å². The van der Waals surface area contributed by atoms with Crippen molar-refractivity contribution < 1.29 is 9.90 Å². The van der Waals surface area contributed by atoms with E-state index in [0.29, 0.717) is 17.8 Å². The van der Waals surface area contributed by atoms with Gasteiger partial charge in [0, 0.05) is 31.3 Å². The van der Waals surface area contributed by atoms with Crippen LogP contribution >= 0.6 is 0 Å². The van der Waals surface area contributed by atoms with Crippen molar-refractivity contribution in [3.05, 3.63) is 76.6 Å². The fourth-order valence-electron chi connectivity index (χ4n) is 3.41. The van der Waals surface area contributed by atoms with Crippen LogP contribution in [0.25, 0.3) is 22.4 Å². The summed E-state index contributed by atoms with van der Waals surface area (Å²) in [4.78, 5) is 26.1. The van der Waals surface area contributed by atoms with Crippen molar-refractivity contribution in [1.29, 1.82) is 0 Å². The number of hydrogen-bond acceptors (Lipinski definition) is 4. The molecule has 2 N–H and O–H groups in total. The molecule has 0 spiro atoms. The Morgan fingerprint density at radius 3 is 2.17 bits per heavy atom. The average Bonchev–Trinajstić information content (AvgIpc) is 2.78. The number of benzene rings is 2. The maximum absolute atomic E-state index is 13.1. The van der Waals surface area contributed by atoms with Gasteiger partial charge in [-0.1, -0.05) is 73.5 Å². The Morgan fingerprint density at radius 2 is 1.53 bits per heavy atom. The van der Waals surface area contributed by atoms with E-state index in [2.05, 4.69) is 10.4 Å². The molecule has 1 heterocycles. The summed E-state index contributed by atoms with van der Waals surface area (Å²) in [6.45, 7) is 0.659. The molecule has 3 rings (SSSR count). The van der Waals surface area contributed by atoms with Crippen molar-refractivity contribution in [2.24, 2.45) is 7.05 Å². The number of amides is 1. The van der Waals surface area contributed by atoms with Gasteiger partial charge in [0.15, 0.2) is 0 Å². The van der Waals surface area contributed by atoms with E-state index in [0.717, 1.165) is 36.8 Å². The molecule has 1 amide bonds. The highest BCUT2D eigenvalue weighted by atomic mass is 16.3. The Bertz CT molecular complexity index is 1030. The second kappa shape index (κ2) is 10.5. The van der Waals surface area contributed by atoms with Crippen LogP contribution in [-0.2, 0) is 7.05 Å². The molecule has 30 heavy (non-hydrogen) atoms. The van der Waals surface area contributed by atoms with Gasteiger partial charge in [0.25, 0.3) is 11.5 Å². The highest BCUT2D eigenvalue weighted by molar-refractivity contribution is 6.03. The molecule has 0 unspecified atom stereocenters. The van der Waals surface area contributed by atoms with Crippen LogP contribution in [0.3, 0.4) is 0 Å². The van der Waals surface area contributed by atoms with E-state index < -0.39 is 11.5 Å². The Balaban J connectivity index is 2.02. The lowest BCUT2D eigenvalue weighted by molar-refractivity contribution is 0.0951. The number of nitrogens with zero attached hydrogens (tertiary/aromatic N) is 2. The molecule has 3 aromatic rings. The predicted octanol–water partition coefficient (Wildman–Crippen LogP) is 3.40. The van der Waals surface area contributed by atoms with Crippen LogP contribution in [0.15, 0.2) is 65.5 Å². The normalized spacial score (nSPS) is 10.7. The molecule has 0 fully saturated rings. The van der Waals surface area contributed by atoms with Crippen LogP contribution in [0.5, 0.6) is 0 Å². The minimum Gasteiger partial charge on any atom is -0.396 e. The first-order valence-electron chi connectivity index (χ1n) is 10.2. The van der Waals surface area contributed by atoms with Crippen molar-refractivity contribution in [2.75, 3.05) is 13.2 Å². The van der Waals surface area contributed by atoms with Crippen molar-refractivity contribution in [3.8, 4) is 22.4 Å². The van der Waals surface area contributed by atoms with Crippen LogP contribution in [0.1, 0.15) is 36.0 Å². The Kier molecular flexibility index (Phi) is 7.51. The number of aromatic nitrogens is 2. The minimum absolute atomic E-state index is 0.105. The van der Waals surface area contributed by atoms with Gasteiger partial charge in [-0.2, -0.15) is 5.10 Å². The molecule has 2 aromatic carbocycles. The summed E-state index contributed by atoms with van der Waals surface area (Å²) >= 11 is 0. The molecule has 0 radical (unpaired) electrons. The molecule has 0 aliphatic carbocycles. The summed E-state index contributed by atoms with van der Waals surface area (Å²) in [7, 11) is 1.56. The van der Waals surface area contributed by atoms with E-state index in [1.807, 2.05) is 60.7 Å². The van der Waals surface area contributed by atoms with Gasteiger partial charge in [-0.25, -0.2) is 4.68 Å². The quantitative estimate of drug-likeness (QED) is 0.535. The molecule has 6 nitrogen and oxygen atoms in total. The molecule has 0 saturated heterocycles. The second-order valence-corrected chi connectivity index (χ2v) is 7.15. The number of carbonyl (C=O) groups excluding carboxylic acids is 1. The SMILES string of the molecule is Cn1nc(-c2ccccc2)c(-c2ccccc2)c(C(=O)NCCCCCCO)c1=O. The Morgan fingerprint density at radius 1 is 0.933 bits per heavy atom. The monoisotopic (exact) mass is 405 g/mol. The summed E-state index contributed by atoms with van der Waals surface area (Å²) < 4.78 is 1.23. The first-order chi connectivity index (χ1) is 14.6. The smallest absolute Gasteiger partial charge is 0.280 e. The standard InChI is InChI=1S/C24H27N3O3/c1-27-24(30)21(23(29)25-16-10-2-3-11-17-28)20(18-12-6-4-7-13-18)22(26-27)19-14-8-5-9-15-19/h4-9,12-15,28H,2-3,10-11,16-17H2,1H3,(H,25,29). The fourth-order valence-corrected chi connectivity index (χ4v) is 3.41. The van der Waals surface area contributed by atoms with Gasteiger partial charge in [0.1, 0.15) is 5.56 Å². The van der Waals surface area contributed by atoms with Crippen molar-refractivity contribution >= 4 is 5.91 Å². The first kappa shape index (κ1) is 21.5. The zero-order valence-corrected chi connectivity index (χ0v) is 17.2. The molecule has 0 aliphatic heterocycles. The number of hydrogen-bond donors (Lipinski definition) is 2. The third-order valence-electron chi connectivity index (χ3n) is 4.95. The minimum atomic E-state index is -0.425. The second-order valence-electron chi connectivity index (χ2n) is 7.15. The molecular formula is C24H27N3O3. The molecule has 0 saturated carbocycles. The summed E-state index contributed by atoms with van der Waals surface area (Å²) in [5, 5.41) is 16.2. The van der Waals surface area contributed by atoms with Crippen LogP contribution in [0.2, 0.25) is 0 Å². The highest BCUT2D eigenvalue weighted by Crippen LogP contribution is 2.31. The van der Waals surface area contributed by atoms with Gasteiger partial charge in [-0.15, -0.1) is 0 Å². The van der Waals surface area contributed by atoms with Gasteiger partial charge >= 0.3 is 0 Å². The molecule has 0 bridgehead atoms. The van der Waals surface area contributed by atoms with Gasteiger partial charge < -0.3 is 10.4 Å². The average molecular weight is 405 g/mol. The molecular weight excluding hydrogens is 378 g/mol. The Labute approximate surface area is 176 Å². The fraction of sp³-hybridized carbons (Fsp3) is 0.292. The van der Waals surface area contributed by atoms with Gasteiger partial charge in [-0.3, -0.25) is 9.59 Å². The number of aliphatic hydroxyl groups excluding tert-OH is 1. The van der Waals surface area contributed by atoms with Gasteiger partial charge in [-0.05, 0) is 18.4 Å². The summed E-state index contributed by atoms with van der Waals surface area (Å²) in [6.07, 6.45) is 3.38. The largest absolute Gasteiger partial charge is 0.396 e. The van der Waals surface area contributed by atoms with Crippen molar-refractivity contribution in [1.82, 2.24) is 15.1 Å².